The van der Waals surface area contributed by atoms with Crippen molar-refractivity contribution in [2.24, 2.45) is 52.3 Å². The van der Waals surface area contributed by atoms with Crippen molar-refractivity contribution in [3.63, 3.8) is 0 Å². The van der Waals surface area contributed by atoms with Crippen molar-refractivity contribution in [3.8, 4) is 0 Å². The van der Waals surface area contributed by atoms with E-state index in [0.717, 1.165) is 38.5 Å². The highest BCUT2D eigenvalue weighted by atomic mass is 16.7. The molecular formula is C39H64O13. The third kappa shape index (κ3) is 5.73. The molecule has 24 atom stereocenters. The fourth-order valence-corrected chi connectivity index (χ4v) is 13.3. The van der Waals surface area contributed by atoms with E-state index in [4.69, 9.17) is 28.4 Å². The highest BCUT2D eigenvalue weighted by Gasteiger charge is 2.71. The van der Waals surface area contributed by atoms with Crippen LogP contribution in [0.25, 0.3) is 0 Å². The van der Waals surface area contributed by atoms with Gasteiger partial charge in [-0.25, -0.2) is 0 Å². The second kappa shape index (κ2) is 13.6. The Morgan fingerprint density at radius 2 is 1.31 bits per heavy atom. The highest BCUT2D eigenvalue weighted by Crippen LogP contribution is 2.71. The van der Waals surface area contributed by atoms with Crippen LogP contribution in [0, 0.1) is 52.3 Å². The molecule has 0 aromatic heterocycles. The molecule has 1 unspecified atom stereocenters. The fraction of sp³-hybridized carbons (Fsp3) is 1.00. The molecule has 13 nitrogen and oxygen atoms in total. The number of aliphatic hydroxyl groups is 7. The lowest BCUT2D eigenvalue weighted by atomic mass is 9.43. The molecule has 4 saturated carbocycles. The Labute approximate surface area is 307 Å². The minimum atomic E-state index is -1.60. The van der Waals surface area contributed by atoms with E-state index < -0.39 is 79.4 Å². The third-order valence-corrected chi connectivity index (χ3v) is 16.1. The van der Waals surface area contributed by atoms with Crippen LogP contribution in [-0.4, -0.2) is 134 Å². The summed E-state index contributed by atoms with van der Waals surface area (Å²) < 4.78 is 37.9. The van der Waals surface area contributed by atoms with Gasteiger partial charge >= 0.3 is 0 Å². The van der Waals surface area contributed by atoms with Crippen molar-refractivity contribution in [1.29, 1.82) is 0 Å². The van der Waals surface area contributed by atoms with Gasteiger partial charge in [-0.1, -0.05) is 27.7 Å². The molecule has 7 N–H and O–H groups in total. The molecule has 0 bridgehead atoms. The quantitative estimate of drug-likeness (QED) is 0.205. The van der Waals surface area contributed by atoms with E-state index in [0.29, 0.717) is 37.2 Å². The Morgan fingerprint density at radius 3 is 2.02 bits per heavy atom. The summed E-state index contributed by atoms with van der Waals surface area (Å²) in [5.74, 6) is 0.760. The molecular weight excluding hydrogens is 676 g/mol. The summed E-state index contributed by atoms with van der Waals surface area (Å²) >= 11 is 0. The zero-order valence-electron chi connectivity index (χ0n) is 31.6. The summed E-state index contributed by atoms with van der Waals surface area (Å²) in [5, 5.41) is 76.3. The average molecular weight is 741 g/mol. The number of fused-ring (bicyclic) bond motifs is 7. The molecule has 4 saturated heterocycles. The molecule has 4 aliphatic heterocycles. The van der Waals surface area contributed by atoms with Gasteiger partial charge in [-0.15, -0.1) is 0 Å². The summed E-state index contributed by atoms with van der Waals surface area (Å²) in [4.78, 5) is 0. The molecule has 8 rings (SSSR count). The predicted molar refractivity (Wildman–Crippen MR) is 183 cm³/mol. The van der Waals surface area contributed by atoms with Gasteiger partial charge in [0.05, 0.1) is 37.1 Å². The van der Waals surface area contributed by atoms with Crippen molar-refractivity contribution in [1.82, 2.24) is 0 Å². The second-order valence-corrected chi connectivity index (χ2v) is 18.9. The van der Waals surface area contributed by atoms with Crippen molar-refractivity contribution < 1.29 is 64.2 Å². The van der Waals surface area contributed by atoms with Gasteiger partial charge in [0, 0.05) is 5.92 Å². The van der Waals surface area contributed by atoms with Crippen LogP contribution < -0.4 is 0 Å². The van der Waals surface area contributed by atoms with Crippen molar-refractivity contribution in [3.05, 3.63) is 0 Å². The third-order valence-electron chi connectivity index (χ3n) is 16.1. The molecule has 0 amide bonds. The van der Waals surface area contributed by atoms with Crippen LogP contribution in [0.4, 0.5) is 0 Å². The fourth-order valence-electron chi connectivity index (χ4n) is 13.3. The first-order valence-corrected chi connectivity index (χ1v) is 20.2. The highest BCUT2D eigenvalue weighted by molar-refractivity contribution is 5.17. The first kappa shape index (κ1) is 38.4. The Morgan fingerprint density at radius 1 is 0.635 bits per heavy atom. The van der Waals surface area contributed by atoms with E-state index in [1.807, 2.05) is 0 Å². The summed E-state index contributed by atoms with van der Waals surface area (Å²) in [7, 11) is 0. The lowest BCUT2D eigenvalue weighted by Gasteiger charge is -2.63. The van der Waals surface area contributed by atoms with Crippen LogP contribution in [0.1, 0.15) is 92.9 Å². The standard InChI is InChI=1S/C39H64O13/c1-16-11-27(41)39(47-15-16)17(2)28-26(52-39)14-23-21-13-25(24-12-20(40)7-9-37(24,5)22(21)8-10-38(23,28)6)50-36-33(46)34(30(43)19(4)49-36)51-35-32(45)31(44)29(42)18(3)48-35/h16-36,40-46H,7-15H2,1-6H3/t16?,17-,18-,19+,20-,21+,22-,23-,24+,25-,26-,27-,28-,29-,30+,31+,32+,33+,34-,35-,36-,37+,38-,39-/m0/s1. The topological polar surface area (TPSA) is 197 Å². The molecule has 0 radical (unpaired) electrons. The van der Waals surface area contributed by atoms with Crippen molar-refractivity contribution in [2.75, 3.05) is 6.61 Å². The molecule has 8 aliphatic rings. The largest absolute Gasteiger partial charge is 0.393 e. The summed E-state index contributed by atoms with van der Waals surface area (Å²) in [6, 6.07) is 0. The lowest BCUT2D eigenvalue weighted by molar-refractivity contribution is -0.363. The molecule has 0 aromatic rings. The van der Waals surface area contributed by atoms with Crippen LogP contribution in [0.5, 0.6) is 0 Å². The van der Waals surface area contributed by atoms with Gasteiger partial charge in [0.15, 0.2) is 18.4 Å². The van der Waals surface area contributed by atoms with E-state index in [9.17, 15) is 35.7 Å². The molecule has 52 heavy (non-hydrogen) atoms. The van der Waals surface area contributed by atoms with Gasteiger partial charge in [-0.2, -0.15) is 0 Å². The minimum absolute atomic E-state index is 0.00617. The van der Waals surface area contributed by atoms with Crippen molar-refractivity contribution >= 4 is 0 Å². The SMILES string of the molecule is CC1CO[C@@]2(O[C@H]3C[C@H]4[C@@H]5C[C@H](O[C@@H]6O[C@H](C)[C@@H](O)[C@H](O[C@@H]7O[C@@H](C)[C@H](O)[C@@H](O)[C@H]7O)[C@H]6O)[C@H]6C[C@@H](O)CC[C@]6(C)[C@H]5CC[C@]4(C)[C@H]3[C@@H]2C)[C@@H](O)C1. The average Bonchev–Trinajstić information content (AvgIpc) is 3.55. The van der Waals surface area contributed by atoms with Gasteiger partial charge in [0.1, 0.15) is 42.7 Å². The van der Waals surface area contributed by atoms with Gasteiger partial charge in [0.2, 0.25) is 0 Å². The minimum Gasteiger partial charge on any atom is -0.393 e. The maximum absolute atomic E-state index is 11.7. The molecule has 4 aliphatic carbocycles. The lowest BCUT2D eigenvalue weighted by Crippen LogP contribution is -2.64. The number of aliphatic hydroxyl groups excluding tert-OH is 7. The van der Waals surface area contributed by atoms with E-state index in [-0.39, 0.29) is 46.7 Å². The number of rotatable bonds is 4. The molecule has 8 fully saturated rings. The zero-order valence-corrected chi connectivity index (χ0v) is 31.6. The molecule has 4 heterocycles. The van der Waals surface area contributed by atoms with E-state index in [1.54, 1.807) is 13.8 Å². The van der Waals surface area contributed by atoms with Gasteiger partial charge in [0.25, 0.3) is 0 Å². The Hall–Kier alpha value is -0.520. The maximum Gasteiger partial charge on any atom is 0.197 e. The van der Waals surface area contributed by atoms with Gasteiger partial charge in [-0.05, 0) is 112 Å². The van der Waals surface area contributed by atoms with Crippen LogP contribution in [0.2, 0.25) is 0 Å². The van der Waals surface area contributed by atoms with Crippen LogP contribution >= 0.6 is 0 Å². The first-order chi connectivity index (χ1) is 24.5. The van der Waals surface area contributed by atoms with Gasteiger partial charge in [-0.3, -0.25) is 0 Å². The Kier molecular flexibility index (Phi) is 10.0. The number of hydrogen-bond acceptors (Lipinski definition) is 13. The number of ether oxygens (including phenoxy) is 6. The van der Waals surface area contributed by atoms with Crippen LogP contribution in [0.3, 0.4) is 0 Å². The molecule has 13 heteroatoms. The molecule has 0 aromatic carbocycles. The van der Waals surface area contributed by atoms with Crippen LogP contribution in [0.15, 0.2) is 0 Å². The van der Waals surface area contributed by atoms with E-state index in [2.05, 4.69) is 27.7 Å². The maximum atomic E-state index is 11.7. The molecule has 298 valence electrons. The first-order valence-electron chi connectivity index (χ1n) is 20.2. The van der Waals surface area contributed by atoms with Crippen molar-refractivity contribution in [2.45, 2.75) is 185 Å². The van der Waals surface area contributed by atoms with Crippen LogP contribution in [-0.2, 0) is 28.4 Å². The molecule has 1 spiro atoms. The van der Waals surface area contributed by atoms with Gasteiger partial charge < -0.3 is 64.2 Å². The predicted octanol–water partition coefficient (Wildman–Crippen LogP) is 1.44. The summed E-state index contributed by atoms with van der Waals surface area (Å²) in [6.45, 7) is 12.9. The smallest absolute Gasteiger partial charge is 0.197 e. The van der Waals surface area contributed by atoms with E-state index >= 15 is 0 Å². The Bertz CT molecular complexity index is 1310. The zero-order chi connectivity index (χ0) is 37.2. The second-order valence-electron chi connectivity index (χ2n) is 18.9. The Balaban J connectivity index is 1.04. The summed E-state index contributed by atoms with van der Waals surface area (Å²) in [6.07, 6.45) is -7.54. The normalized spacial score (nSPS) is 61.9. The van der Waals surface area contributed by atoms with E-state index in [1.165, 1.54) is 0 Å². The monoisotopic (exact) mass is 740 g/mol. The number of hydrogen-bond donors (Lipinski definition) is 7. The summed E-state index contributed by atoms with van der Waals surface area (Å²) in [5.41, 5.74) is -0.122.